The number of hydrogen-bond donors (Lipinski definition) is 1. The van der Waals surface area contributed by atoms with E-state index in [-0.39, 0.29) is 6.42 Å². The van der Waals surface area contributed by atoms with Crippen LogP contribution in [0.1, 0.15) is 13.3 Å². The highest BCUT2D eigenvalue weighted by Gasteiger charge is 2.22. The van der Waals surface area contributed by atoms with Crippen LogP contribution in [0.15, 0.2) is 0 Å². The minimum atomic E-state index is -2.75. The zero-order valence-electron chi connectivity index (χ0n) is 3.84. The smallest absolute Gasteiger partial charge is 0.195 e. The molecule has 1 nitrogen and oxygen atoms in total. The molecule has 0 saturated heterocycles. The van der Waals surface area contributed by atoms with Gasteiger partial charge in [-0.25, -0.2) is 0 Å². The van der Waals surface area contributed by atoms with Gasteiger partial charge in [0.1, 0.15) is 0 Å². The van der Waals surface area contributed by atoms with Crippen LogP contribution < -0.4 is 4.34 Å². The molecule has 0 aliphatic heterocycles. The molecule has 0 bridgehead atoms. The van der Waals surface area contributed by atoms with Crippen LogP contribution in [-0.2, 0) is 0 Å². The number of alkyl halides is 2. The highest BCUT2D eigenvalue weighted by Crippen LogP contribution is 2.13. The number of halogens is 3. The van der Waals surface area contributed by atoms with Crippen molar-refractivity contribution in [2.45, 2.75) is 19.4 Å². The molecule has 0 fully saturated rings. The molecule has 0 saturated carbocycles. The van der Waals surface area contributed by atoms with Crippen LogP contribution in [0, 0.1) is 0 Å². The summed E-state index contributed by atoms with van der Waals surface area (Å²) in [5.41, 5.74) is 0. The van der Waals surface area contributed by atoms with Crippen molar-refractivity contribution < 1.29 is 8.78 Å². The lowest BCUT2D eigenvalue weighted by atomic mass is 10.4. The highest BCUT2D eigenvalue weighted by molar-refractivity contribution is 9.08. The van der Waals surface area contributed by atoms with Crippen molar-refractivity contribution in [3.05, 3.63) is 0 Å². The van der Waals surface area contributed by atoms with E-state index in [4.69, 9.17) is 0 Å². The van der Waals surface area contributed by atoms with Gasteiger partial charge < -0.3 is 0 Å². The molecule has 0 aliphatic rings. The van der Waals surface area contributed by atoms with Crippen molar-refractivity contribution in [1.82, 2.24) is 4.34 Å². The molecule has 0 heterocycles. The Morgan fingerprint density at radius 2 is 2.14 bits per heavy atom. The maximum absolute atomic E-state index is 11.7. The van der Waals surface area contributed by atoms with Crippen LogP contribution in [0.5, 0.6) is 0 Å². The highest BCUT2D eigenvalue weighted by atomic mass is 79.9. The largest absolute Gasteiger partial charge is 0.311 e. The molecule has 44 valence electrons. The standard InChI is InChI=1S/C3H6BrF2N/c1-2-3(5,6)7-4/h7H,2H2,1H3. The predicted octanol–water partition coefficient (Wildman–Crippen LogP) is 1.89. The van der Waals surface area contributed by atoms with Crippen molar-refractivity contribution >= 4 is 16.1 Å². The van der Waals surface area contributed by atoms with E-state index in [0.717, 1.165) is 0 Å². The summed E-state index contributed by atoms with van der Waals surface area (Å²) in [6.45, 7) is 1.40. The summed E-state index contributed by atoms with van der Waals surface area (Å²) < 4.78 is 25.1. The third-order valence-electron chi connectivity index (χ3n) is 0.582. The van der Waals surface area contributed by atoms with Gasteiger partial charge in [0.05, 0.1) is 0 Å². The first kappa shape index (κ1) is 7.30. The summed E-state index contributed by atoms with van der Waals surface area (Å²) in [5.74, 6) is 0. The van der Waals surface area contributed by atoms with Gasteiger partial charge >= 0.3 is 6.05 Å². The third-order valence-corrected chi connectivity index (χ3v) is 1.16. The lowest BCUT2D eigenvalue weighted by Gasteiger charge is -2.08. The minimum absolute atomic E-state index is 0.196. The Morgan fingerprint density at radius 1 is 1.71 bits per heavy atom. The van der Waals surface area contributed by atoms with Crippen molar-refractivity contribution in [3.63, 3.8) is 0 Å². The predicted molar refractivity (Wildman–Crippen MR) is 27.3 cm³/mol. The van der Waals surface area contributed by atoms with Crippen LogP contribution in [0.3, 0.4) is 0 Å². The van der Waals surface area contributed by atoms with E-state index in [2.05, 4.69) is 16.1 Å². The molecule has 0 aliphatic carbocycles. The molecule has 4 heteroatoms. The van der Waals surface area contributed by atoms with Crippen molar-refractivity contribution in [3.8, 4) is 0 Å². The van der Waals surface area contributed by atoms with Gasteiger partial charge in [-0.1, -0.05) is 6.92 Å². The van der Waals surface area contributed by atoms with Crippen LogP contribution in [0.25, 0.3) is 0 Å². The molecule has 7 heavy (non-hydrogen) atoms. The summed E-state index contributed by atoms with van der Waals surface area (Å²) in [6, 6.07) is -2.75. The Morgan fingerprint density at radius 3 is 2.14 bits per heavy atom. The molecule has 0 aromatic heterocycles. The summed E-state index contributed by atoms with van der Waals surface area (Å²) in [6.07, 6.45) is -0.196. The van der Waals surface area contributed by atoms with Gasteiger partial charge in [0.15, 0.2) is 0 Å². The summed E-state index contributed by atoms with van der Waals surface area (Å²) in [4.78, 5) is 0. The van der Waals surface area contributed by atoms with Crippen LogP contribution in [0.4, 0.5) is 8.78 Å². The first-order valence-electron chi connectivity index (χ1n) is 1.88. The van der Waals surface area contributed by atoms with Gasteiger partial charge in [0.25, 0.3) is 0 Å². The van der Waals surface area contributed by atoms with Crippen LogP contribution in [0.2, 0.25) is 0 Å². The van der Waals surface area contributed by atoms with E-state index in [1.807, 2.05) is 0 Å². The van der Waals surface area contributed by atoms with Gasteiger partial charge in [-0.3, -0.25) is 0 Å². The van der Waals surface area contributed by atoms with Crippen molar-refractivity contribution in [2.75, 3.05) is 0 Å². The number of hydrogen-bond acceptors (Lipinski definition) is 1. The van der Waals surface area contributed by atoms with Gasteiger partial charge in [0.2, 0.25) is 0 Å². The third kappa shape index (κ3) is 2.93. The first-order chi connectivity index (χ1) is 3.12. The normalized spacial score (nSPS) is 12.0. The molecule has 0 amide bonds. The molecular formula is C3H6BrF2N. The number of nitrogens with one attached hydrogen (secondary N) is 1. The molecule has 0 spiro atoms. The van der Waals surface area contributed by atoms with E-state index in [1.54, 1.807) is 4.34 Å². The maximum Gasteiger partial charge on any atom is 0.311 e. The Hall–Kier alpha value is 0.300. The monoisotopic (exact) mass is 173 g/mol. The fourth-order valence-electron chi connectivity index (χ4n) is 0.0668. The molecule has 0 rings (SSSR count). The number of rotatable bonds is 2. The second-order valence-electron chi connectivity index (χ2n) is 1.15. The molecule has 0 unspecified atom stereocenters. The summed E-state index contributed by atoms with van der Waals surface area (Å²) in [5, 5.41) is 0. The zero-order chi connectivity index (χ0) is 5.91. The van der Waals surface area contributed by atoms with E-state index >= 15 is 0 Å². The van der Waals surface area contributed by atoms with Crippen LogP contribution in [-0.4, -0.2) is 6.05 Å². The SMILES string of the molecule is CCC(F)(F)NBr. The molecule has 0 aromatic rings. The Kier molecular flexibility index (Phi) is 2.68. The van der Waals surface area contributed by atoms with Gasteiger partial charge in [0, 0.05) is 22.6 Å². The fourth-order valence-corrected chi connectivity index (χ4v) is 0.347. The lowest BCUT2D eigenvalue weighted by Crippen LogP contribution is -2.26. The summed E-state index contributed by atoms with van der Waals surface area (Å²) in [7, 11) is 0. The summed E-state index contributed by atoms with van der Waals surface area (Å²) >= 11 is 2.43. The average Bonchev–Trinajstić information content (AvgIpc) is 1.68. The van der Waals surface area contributed by atoms with Crippen LogP contribution >= 0.6 is 16.1 Å². The Balaban J connectivity index is 3.36. The van der Waals surface area contributed by atoms with Crippen molar-refractivity contribution in [1.29, 1.82) is 0 Å². The van der Waals surface area contributed by atoms with Gasteiger partial charge in [-0.05, 0) is 0 Å². The topological polar surface area (TPSA) is 12.0 Å². The fraction of sp³-hybridized carbons (Fsp3) is 1.00. The van der Waals surface area contributed by atoms with Crippen molar-refractivity contribution in [2.24, 2.45) is 0 Å². The molecule has 1 N–H and O–H groups in total. The second-order valence-corrected chi connectivity index (χ2v) is 1.55. The molecule has 0 radical (unpaired) electrons. The van der Waals surface area contributed by atoms with E-state index in [1.165, 1.54) is 6.92 Å². The van der Waals surface area contributed by atoms with E-state index in [9.17, 15) is 8.78 Å². The molecular weight excluding hydrogens is 168 g/mol. The quantitative estimate of drug-likeness (QED) is 0.497. The van der Waals surface area contributed by atoms with Gasteiger partial charge in [-0.15, -0.1) is 0 Å². The second kappa shape index (κ2) is 2.57. The maximum atomic E-state index is 11.7. The Labute approximate surface area is 49.4 Å². The molecule has 0 atom stereocenters. The first-order valence-corrected chi connectivity index (χ1v) is 2.67. The molecule has 0 aromatic carbocycles. The van der Waals surface area contributed by atoms with E-state index in [0.29, 0.717) is 0 Å². The minimum Gasteiger partial charge on any atom is -0.195 e. The van der Waals surface area contributed by atoms with Gasteiger partial charge in [-0.2, -0.15) is 13.1 Å². The zero-order valence-corrected chi connectivity index (χ0v) is 5.43. The average molecular weight is 174 g/mol. The Bertz CT molecular complexity index is 50.9. The van der Waals surface area contributed by atoms with E-state index < -0.39 is 6.05 Å². The lowest BCUT2D eigenvalue weighted by molar-refractivity contribution is -0.00957.